The molecule has 0 fully saturated rings. The van der Waals surface area contributed by atoms with Gasteiger partial charge in [-0.05, 0) is 60.7 Å². The van der Waals surface area contributed by atoms with E-state index in [0.29, 0.717) is 5.65 Å². The number of pyridine rings is 1. The Hall–Kier alpha value is -2.94. The lowest BCUT2D eigenvalue weighted by atomic mass is 10.2. The number of carbonyl (C=O) groups excluding carboxylic acids is 1. The van der Waals surface area contributed by atoms with Crippen LogP contribution in [0.2, 0.25) is 0 Å². The van der Waals surface area contributed by atoms with Crippen molar-refractivity contribution in [2.45, 2.75) is 6.54 Å². The number of halogens is 2. The molecule has 0 spiro atoms. The summed E-state index contributed by atoms with van der Waals surface area (Å²) in [5.74, 6) is -0.0742. The minimum Gasteiger partial charge on any atom is -0.412 e. The first-order valence-corrected chi connectivity index (χ1v) is 9.94. The maximum absolute atomic E-state index is 13.4. The van der Waals surface area contributed by atoms with Gasteiger partial charge in [0.15, 0.2) is 5.65 Å². The maximum atomic E-state index is 13.4. The molecule has 0 aliphatic rings. The molecule has 2 heterocycles. The Balaban J connectivity index is 0.00000171. The fraction of sp³-hybridized carbons (Fsp3) is 0.136. The van der Waals surface area contributed by atoms with Crippen LogP contribution in [0.15, 0.2) is 77.7 Å². The van der Waals surface area contributed by atoms with Crippen LogP contribution in [0.1, 0.15) is 0 Å². The summed E-state index contributed by atoms with van der Waals surface area (Å²) in [5.41, 5.74) is 4.14. The smallest absolute Gasteiger partial charge is 0.251 e. The van der Waals surface area contributed by atoms with Gasteiger partial charge in [0, 0.05) is 41.8 Å². The first-order valence-electron chi connectivity index (χ1n) is 9.15. The van der Waals surface area contributed by atoms with E-state index in [-0.39, 0.29) is 30.3 Å². The van der Waals surface area contributed by atoms with Gasteiger partial charge in [-0.1, -0.05) is 15.9 Å². The van der Waals surface area contributed by atoms with Gasteiger partial charge in [-0.2, -0.15) is 0 Å². The number of rotatable bonds is 5. The molecule has 0 radical (unpaired) electrons. The van der Waals surface area contributed by atoms with Crippen molar-refractivity contribution >= 4 is 62.5 Å². The Labute approximate surface area is 195 Å². The number of amides is 1. The second-order valence-corrected chi connectivity index (χ2v) is 7.75. The molecule has 31 heavy (non-hydrogen) atoms. The highest BCUT2D eigenvalue weighted by atomic mass is 79.9. The Morgan fingerprint density at radius 3 is 2.13 bits per heavy atom. The predicted molar refractivity (Wildman–Crippen MR) is 130 cm³/mol. The van der Waals surface area contributed by atoms with Gasteiger partial charge in [-0.15, -0.1) is 12.4 Å². The van der Waals surface area contributed by atoms with E-state index >= 15 is 0 Å². The number of hydrogen-bond acceptors (Lipinski definition) is 4. The van der Waals surface area contributed by atoms with E-state index in [4.69, 9.17) is 0 Å². The van der Waals surface area contributed by atoms with Gasteiger partial charge in [0.05, 0.1) is 6.33 Å². The molecule has 9 heteroatoms. The van der Waals surface area contributed by atoms with E-state index in [0.717, 1.165) is 27.1 Å². The number of fused-ring (bicyclic) bond motifs is 1. The topological polar surface area (TPSA) is 85.8 Å². The van der Waals surface area contributed by atoms with Crippen molar-refractivity contribution in [1.82, 2.24) is 14.5 Å². The van der Waals surface area contributed by atoms with Gasteiger partial charge in [0.25, 0.3) is 5.91 Å². The average molecular weight is 505 g/mol. The van der Waals surface area contributed by atoms with E-state index < -0.39 is 0 Å². The van der Waals surface area contributed by atoms with E-state index in [2.05, 4.69) is 25.9 Å². The highest BCUT2D eigenvalue weighted by molar-refractivity contribution is 9.10. The molecule has 7 nitrogen and oxygen atoms in total. The Morgan fingerprint density at radius 2 is 1.52 bits per heavy atom. The van der Waals surface area contributed by atoms with Crippen LogP contribution in [0.25, 0.3) is 11.2 Å². The van der Waals surface area contributed by atoms with Gasteiger partial charge in [-0.25, -0.2) is 9.97 Å². The van der Waals surface area contributed by atoms with Crippen LogP contribution in [-0.2, 0) is 11.3 Å². The van der Waals surface area contributed by atoms with E-state index in [1.807, 2.05) is 79.7 Å². The molecule has 2 aromatic heterocycles. The fourth-order valence-corrected chi connectivity index (χ4v) is 3.42. The Kier molecular flexibility index (Phi) is 8.15. The quantitative estimate of drug-likeness (QED) is 0.407. The molecule has 0 saturated carbocycles. The van der Waals surface area contributed by atoms with Crippen LogP contribution in [0.4, 0.5) is 17.1 Å². The lowest BCUT2D eigenvalue weighted by Crippen LogP contribution is -2.29. The van der Waals surface area contributed by atoms with Gasteiger partial charge in [0.2, 0.25) is 0 Å². The lowest BCUT2D eigenvalue weighted by molar-refractivity contribution is -0.118. The molecule has 0 bridgehead atoms. The second-order valence-electron chi connectivity index (χ2n) is 6.83. The van der Waals surface area contributed by atoms with Crippen molar-refractivity contribution in [3.63, 3.8) is 0 Å². The molecule has 0 saturated heterocycles. The highest BCUT2D eigenvalue weighted by Crippen LogP contribution is 2.29. The molecule has 1 amide bonds. The minimum atomic E-state index is -0.0742. The monoisotopic (exact) mass is 503 g/mol. The first-order chi connectivity index (χ1) is 14.0. The SMILES string of the molecule is CN(C)c1ccc(N(C(=O)Cn2cnc3cccnc32)c2ccc(Br)cc2)cc1.Cl.O. The predicted octanol–water partition coefficient (Wildman–Crippen LogP) is 4.22. The van der Waals surface area contributed by atoms with Crippen LogP contribution in [0.3, 0.4) is 0 Å². The standard InChI is InChI=1S/C22H20BrN5O.ClH.H2O/c1-26(2)17-9-11-19(12-10-17)28(18-7-5-16(23)6-8-18)21(29)14-27-15-25-20-4-3-13-24-22(20)27;;/h3-13,15H,14H2,1-2H3;1H;1H2. The number of imidazole rings is 1. The largest absolute Gasteiger partial charge is 0.412 e. The summed E-state index contributed by atoms with van der Waals surface area (Å²) in [6.07, 6.45) is 3.36. The van der Waals surface area contributed by atoms with Crippen molar-refractivity contribution in [3.05, 3.63) is 77.7 Å². The summed E-state index contributed by atoms with van der Waals surface area (Å²) in [4.78, 5) is 25.8. The van der Waals surface area contributed by atoms with Crippen LogP contribution in [-0.4, -0.2) is 40.0 Å². The maximum Gasteiger partial charge on any atom is 0.251 e. The number of hydrogen-bond donors (Lipinski definition) is 0. The summed E-state index contributed by atoms with van der Waals surface area (Å²) >= 11 is 3.46. The lowest BCUT2D eigenvalue weighted by Gasteiger charge is -2.24. The highest BCUT2D eigenvalue weighted by Gasteiger charge is 2.20. The van der Waals surface area contributed by atoms with Crippen LogP contribution in [0.5, 0.6) is 0 Å². The van der Waals surface area contributed by atoms with Gasteiger partial charge < -0.3 is 14.9 Å². The summed E-state index contributed by atoms with van der Waals surface area (Å²) in [5, 5.41) is 0. The minimum absolute atomic E-state index is 0. The number of nitrogens with zero attached hydrogens (tertiary/aromatic N) is 5. The molecule has 4 rings (SSSR count). The molecule has 2 N–H and O–H groups in total. The molecule has 0 aliphatic carbocycles. The fourth-order valence-electron chi connectivity index (χ4n) is 3.16. The summed E-state index contributed by atoms with van der Waals surface area (Å²) in [7, 11) is 3.98. The van der Waals surface area contributed by atoms with Crippen molar-refractivity contribution in [3.8, 4) is 0 Å². The second kappa shape index (κ2) is 10.4. The number of benzene rings is 2. The molecule has 0 aliphatic heterocycles. The molecule has 0 unspecified atom stereocenters. The van der Waals surface area contributed by atoms with Gasteiger partial charge in [-0.3, -0.25) is 9.69 Å². The van der Waals surface area contributed by atoms with E-state index in [1.165, 1.54) is 0 Å². The summed E-state index contributed by atoms with van der Waals surface area (Å²) in [6, 6.07) is 19.3. The third kappa shape index (κ3) is 5.22. The number of anilines is 3. The summed E-state index contributed by atoms with van der Waals surface area (Å²) in [6.45, 7) is 0.138. The average Bonchev–Trinajstić information content (AvgIpc) is 3.13. The molecule has 4 aromatic rings. The Morgan fingerprint density at radius 1 is 0.935 bits per heavy atom. The van der Waals surface area contributed by atoms with Crippen LogP contribution < -0.4 is 9.80 Å². The normalized spacial score (nSPS) is 10.2. The van der Waals surface area contributed by atoms with Gasteiger partial charge >= 0.3 is 0 Å². The molecular formula is C22H23BrClN5O2. The van der Waals surface area contributed by atoms with Crippen molar-refractivity contribution in [1.29, 1.82) is 0 Å². The molecule has 0 atom stereocenters. The first kappa shape index (κ1) is 24.3. The molecule has 162 valence electrons. The van der Waals surface area contributed by atoms with Crippen molar-refractivity contribution < 1.29 is 10.3 Å². The van der Waals surface area contributed by atoms with Gasteiger partial charge in [0.1, 0.15) is 12.1 Å². The van der Waals surface area contributed by atoms with Crippen LogP contribution >= 0.6 is 28.3 Å². The molecule has 2 aromatic carbocycles. The zero-order valence-electron chi connectivity index (χ0n) is 17.1. The van der Waals surface area contributed by atoms with Crippen molar-refractivity contribution in [2.24, 2.45) is 0 Å². The van der Waals surface area contributed by atoms with E-state index in [9.17, 15) is 4.79 Å². The Bertz CT molecular complexity index is 1150. The van der Waals surface area contributed by atoms with E-state index in [1.54, 1.807) is 22.0 Å². The zero-order valence-corrected chi connectivity index (χ0v) is 19.5. The number of carbonyl (C=O) groups is 1. The van der Waals surface area contributed by atoms with Crippen LogP contribution in [0, 0.1) is 0 Å². The number of aromatic nitrogens is 3. The zero-order chi connectivity index (χ0) is 20.4. The third-order valence-electron chi connectivity index (χ3n) is 4.64. The molecular weight excluding hydrogens is 482 g/mol. The third-order valence-corrected chi connectivity index (χ3v) is 5.17. The van der Waals surface area contributed by atoms with Crippen molar-refractivity contribution in [2.75, 3.05) is 23.9 Å². The summed E-state index contributed by atoms with van der Waals surface area (Å²) < 4.78 is 2.74.